The Labute approximate surface area is 115 Å². The van der Waals surface area contributed by atoms with Gasteiger partial charge < -0.3 is 10.6 Å². The molecule has 0 atom stereocenters. The third-order valence-corrected chi connectivity index (χ3v) is 2.84. The van der Waals surface area contributed by atoms with E-state index in [0.29, 0.717) is 16.9 Å². The summed E-state index contributed by atoms with van der Waals surface area (Å²) in [4.78, 5) is 12.0. The Bertz CT molecular complexity index is 573. The third-order valence-electron chi connectivity index (χ3n) is 2.26. The van der Waals surface area contributed by atoms with Crippen LogP contribution in [0.15, 0.2) is 18.2 Å². The number of halogens is 2. The lowest BCUT2D eigenvalue weighted by Crippen LogP contribution is -2.03. The van der Waals surface area contributed by atoms with Crippen LogP contribution in [0.2, 0.25) is 10.3 Å². The predicted molar refractivity (Wildman–Crippen MR) is 73.9 cm³/mol. The molecule has 1 heterocycles. The summed E-state index contributed by atoms with van der Waals surface area (Å²) in [6.45, 7) is 1.94. The highest BCUT2D eigenvalue weighted by Crippen LogP contribution is 2.22. The second kappa shape index (κ2) is 5.37. The van der Waals surface area contributed by atoms with E-state index in [2.05, 4.69) is 25.6 Å². The smallest absolute Gasteiger partial charge is 0.233 e. The van der Waals surface area contributed by atoms with Gasteiger partial charge in [-0.15, -0.1) is 0 Å². The molecule has 0 spiro atoms. The lowest BCUT2D eigenvalue weighted by atomic mass is 10.2. The molecule has 0 radical (unpaired) electrons. The van der Waals surface area contributed by atoms with E-state index in [1.54, 1.807) is 13.1 Å². The van der Waals surface area contributed by atoms with Crippen LogP contribution in [0.5, 0.6) is 0 Å². The molecular weight excluding hydrogens is 273 g/mol. The Hall–Kier alpha value is -1.59. The number of benzene rings is 1. The first-order valence-corrected chi connectivity index (χ1v) is 5.96. The minimum atomic E-state index is 0.120. The molecule has 0 aliphatic heterocycles. The van der Waals surface area contributed by atoms with Crippen molar-refractivity contribution in [2.45, 2.75) is 6.92 Å². The summed E-state index contributed by atoms with van der Waals surface area (Å²) in [5.74, 6) is 0.759. The maximum atomic E-state index is 6.04. The molecule has 7 heteroatoms. The number of anilines is 3. The number of rotatable bonds is 3. The summed E-state index contributed by atoms with van der Waals surface area (Å²) in [5, 5.41) is 6.61. The molecule has 0 aliphatic carbocycles. The zero-order valence-corrected chi connectivity index (χ0v) is 11.3. The third kappa shape index (κ3) is 3.00. The number of nitrogens with one attached hydrogen (secondary N) is 2. The topological polar surface area (TPSA) is 62.7 Å². The molecule has 94 valence electrons. The maximum absolute atomic E-state index is 6.04. The number of aromatic nitrogens is 3. The van der Waals surface area contributed by atoms with Crippen LogP contribution in [0.3, 0.4) is 0 Å². The summed E-state index contributed by atoms with van der Waals surface area (Å²) < 4.78 is 0. The van der Waals surface area contributed by atoms with Crippen LogP contribution in [-0.4, -0.2) is 22.0 Å². The minimum absolute atomic E-state index is 0.120. The normalized spacial score (nSPS) is 10.2. The van der Waals surface area contributed by atoms with E-state index < -0.39 is 0 Å². The van der Waals surface area contributed by atoms with Gasteiger partial charge in [0.05, 0.1) is 0 Å². The number of nitrogens with zero attached hydrogens (tertiary/aromatic N) is 3. The van der Waals surface area contributed by atoms with E-state index in [0.717, 1.165) is 11.3 Å². The first kappa shape index (κ1) is 12.9. The quantitative estimate of drug-likeness (QED) is 0.905. The Morgan fingerprint density at radius 2 is 1.78 bits per heavy atom. The van der Waals surface area contributed by atoms with Crippen LogP contribution < -0.4 is 10.6 Å². The van der Waals surface area contributed by atoms with Crippen molar-refractivity contribution in [3.05, 3.63) is 34.1 Å². The van der Waals surface area contributed by atoms with Crippen molar-refractivity contribution >= 4 is 40.8 Å². The molecule has 0 unspecified atom stereocenters. The van der Waals surface area contributed by atoms with Crippen LogP contribution in [0.4, 0.5) is 17.6 Å². The summed E-state index contributed by atoms with van der Waals surface area (Å²) >= 11 is 11.8. The Balaban J connectivity index is 2.27. The molecule has 0 fully saturated rings. The lowest BCUT2D eigenvalue weighted by Gasteiger charge is -2.07. The molecule has 0 aliphatic rings. The maximum Gasteiger partial charge on any atom is 0.233 e. The highest BCUT2D eigenvalue weighted by atomic mass is 35.5. The van der Waals surface area contributed by atoms with Crippen molar-refractivity contribution in [3.63, 3.8) is 0 Å². The fourth-order valence-corrected chi connectivity index (χ4v) is 1.66. The first-order valence-electron chi connectivity index (χ1n) is 5.21. The van der Waals surface area contributed by atoms with Gasteiger partial charge in [0.1, 0.15) is 0 Å². The minimum Gasteiger partial charge on any atom is -0.357 e. The molecule has 0 saturated carbocycles. The largest absolute Gasteiger partial charge is 0.357 e. The van der Waals surface area contributed by atoms with Gasteiger partial charge in [0.2, 0.25) is 17.2 Å². The highest BCUT2D eigenvalue weighted by Gasteiger charge is 2.05. The van der Waals surface area contributed by atoms with Gasteiger partial charge in [-0.05, 0) is 36.2 Å². The van der Waals surface area contributed by atoms with E-state index in [-0.39, 0.29) is 5.28 Å². The Morgan fingerprint density at radius 1 is 1.06 bits per heavy atom. The molecule has 2 aromatic rings. The summed E-state index contributed by atoms with van der Waals surface area (Å²) in [6, 6.07) is 5.60. The van der Waals surface area contributed by atoms with Crippen molar-refractivity contribution in [1.82, 2.24) is 15.0 Å². The molecule has 2 rings (SSSR count). The lowest BCUT2D eigenvalue weighted by molar-refractivity contribution is 1.05. The van der Waals surface area contributed by atoms with Crippen LogP contribution in [-0.2, 0) is 0 Å². The van der Waals surface area contributed by atoms with Crippen molar-refractivity contribution in [2.75, 3.05) is 17.7 Å². The van der Waals surface area contributed by atoms with Gasteiger partial charge in [0.15, 0.2) is 0 Å². The van der Waals surface area contributed by atoms with E-state index in [9.17, 15) is 0 Å². The first-order chi connectivity index (χ1) is 8.58. The van der Waals surface area contributed by atoms with Gasteiger partial charge in [-0.3, -0.25) is 0 Å². The van der Waals surface area contributed by atoms with Crippen molar-refractivity contribution in [2.24, 2.45) is 0 Å². The van der Waals surface area contributed by atoms with Gasteiger partial charge >= 0.3 is 0 Å². The predicted octanol–water partition coefficient (Wildman–Crippen LogP) is 3.27. The van der Waals surface area contributed by atoms with Gasteiger partial charge in [-0.2, -0.15) is 15.0 Å². The van der Waals surface area contributed by atoms with E-state index >= 15 is 0 Å². The van der Waals surface area contributed by atoms with Gasteiger partial charge in [-0.1, -0.05) is 17.7 Å². The second-order valence-electron chi connectivity index (χ2n) is 3.59. The Morgan fingerprint density at radius 3 is 2.44 bits per heavy atom. The van der Waals surface area contributed by atoms with Crippen LogP contribution >= 0.6 is 23.2 Å². The SMILES string of the molecule is CNc1nc(Cl)nc(Nc2ccc(C)c(Cl)c2)n1. The van der Waals surface area contributed by atoms with E-state index in [4.69, 9.17) is 23.2 Å². The number of hydrogen-bond donors (Lipinski definition) is 2. The molecule has 0 amide bonds. The molecular formula is C11H11Cl2N5. The van der Waals surface area contributed by atoms with Crippen LogP contribution in [0, 0.1) is 6.92 Å². The molecule has 18 heavy (non-hydrogen) atoms. The zero-order chi connectivity index (χ0) is 13.1. The van der Waals surface area contributed by atoms with E-state index in [1.807, 2.05) is 19.1 Å². The summed E-state index contributed by atoms with van der Waals surface area (Å²) in [5.41, 5.74) is 1.79. The monoisotopic (exact) mass is 283 g/mol. The fourth-order valence-electron chi connectivity index (χ4n) is 1.32. The molecule has 1 aromatic heterocycles. The standard InChI is InChI=1S/C11H11Cl2N5/c1-6-3-4-7(5-8(6)12)15-11-17-9(13)16-10(14-2)18-11/h3-5H,1-2H3,(H2,14,15,16,17,18). The molecule has 0 saturated heterocycles. The van der Waals surface area contributed by atoms with Gasteiger partial charge in [0, 0.05) is 17.8 Å². The number of aryl methyl sites for hydroxylation is 1. The van der Waals surface area contributed by atoms with Crippen molar-refractivity contribution in [1.29, 1.82) is 0 Å². The Kier molecular flexibility index (Phi) is 3.84. The van der Waals surface area contributed by atoms with Gasteiger partial charge in [0.25, 0.3) is 0 Å². The second-order valence-corrected chi connectivity index (χ2v) is 4.34. The van der Waals surface area contributed by atoms with Crippen molar-refractivity contribution < 1.29 is 0 Å². The molecule has 5 nitrogen and oxygen atoms in total. The van der Waals surface area contributed by atoms with Gasteiger partial charge in [-0.25, -0.2) is 0 Å². The molecule has 2 N–H and O–H groups in total. The van der Waals surface area contributed by atoms with E-state index in [1.165, 1.54) is 0 Å². The average Bonchev–Trinajstić information content (AvgIpc) is 2.33. The van der Waals surface area contributed by atoms with Crippen molar-refractivity contribution in [3.8, 4) is 0 Å². The fraction of sp³-hybridized carbons (Fsp3) is 0.182. The highest BCUT2D eigenvalue weighted by molar-refractivity contribution is 6.31. The zero-order valence-electron chi connectivity index (χ0n) is 9.83. The van der Waals surface area contributed by atoms with Crippen LogP contribution in [0.25, 0.3) is 0 Å². The molecule has 1 aromatic carbocycles. The summed E-state index contributed by atoms with van der Waals surface area (Å²) in [7, 11) is 1.71. The average molecular weight is 284 g/mol. The van der Waals surface area contributed by atoms with Crippen LogP contribution in [0.1, 0.15) is 5.56 Å². The summed E-state index contributed by atoms with van der Waals surface area (Å²) in [6.07, 6.45) is 0. The molecule has 0 bridgehead atoms. The number of hydrogen-bond acceptors (Lipinski definition) is 5.